The topological polar surface area (TPSA) is 23.6 Å². The van der Waals surface area contributed by atoms with Crippen LogP contribution in [0.3, 0.4) is 0 Å². The predicted molar refractivity (Wildman–Crippen MR) is 89.3 cm³/mol. The zero-order valence-electron chi connectivity index (χ0n) is 14.1. The highest BCUT2D eigenvalue weighted by Crippen LogP contribution is 2.39. The van der Waals surface area contributed by atoms with E-state index in [1.54, 1.807) is 24.3 Å². The molecule has 0 radical (unpaired) electrons. The summed E-state index contributed by atoms with van der Waals surface area (Å²) < 4.78 is 27.3. The molecule has 2 aliphatic heterocycles. The van der Waals surface area contributed by atoms with E-state index in [0.29, 0.717) is 12.1 Å². The Bertz CT molecular complexity index is 646. The highest BCUT2D eigenvalue weighted by molar-refractivity contribution is 5.87. The minimum Gasteiger partial charge on any atom is -0.339 e. The Morgan fingerprint density at radius 3 is 2.88 bits per heavy atom. The van der Waals surface area contributed by atoms with Crippen molar-refractivity contribution in [1.29, 1.82) is 0 Å². The average molecular weight is 334 g/mol. The molecule has 0 N–H and O–H groups in total. The van der Waals surface area contributed by atoms with Crippen molar-refractivity contribution < 1.29 is 13.6 Å². The van der Waals surface area contributed by atoms with E-state index in [2.05, 4.69) is 4.90 Å². The van der Waals surface area contributed by atoms with Crippen LogP contribution in [-0.4, -0.2) is 41.9 Å². The summed E-state index contributed by atoms with van der Waals surface area (Å²) in [4.78, 5) is 16.2. The third-order valence-electron chi connectivity index (χ3n) is 5.23. The average Bonchev–Trinajstić information content (AvgIpc) is 2.96. The second-order valence-corrected chi connectivity index (χ2v) is 7.04. The molecule has 2 aliphatic rings. The van der Waals surface area contributed by atoms with Gasteiger partial charge in [-0.2, -0.15) is 0 Å². The zero-order valence-corrected chi connectivity index (χ0v) is 14.1. The molecule has 1 amide bonds. The molecule has 1 unspecified atom stereocenters. The minimum atomic E-state index is -0.789. The van der Waals surface area contributed by atoms with E-state index < -0.39 is 11.6 Å². The van der Waals surface area contributed by atoms with Gasteiger partial charge in [0.2, 0.25) is 5.91 Å². The number of hydrogen-bond acceptors (Lipinski definition) is 2. The number of amides is 1. The number of hydrogen-bond donors (Lipinski definition) is 0. The smallest absolute Gasteiger partial charge is 0.246 e. The van der Waals surface area contributed by atoms with Gasteiger partial charge >= 0.3 is 0 Å². The number of carbonyl (C=O) groups is 1. The number of halogens is 2. The van der Waals surface area contributed by atoms with Crippen LogP contribution in [0.4, 0.5) is 8.78 Å². The molecule has 0 saturated carbocycles. The standard InChI is InChI=1S/C19H24F2N2O/c1-2-5-17(24)23-11-9-19(14-23)8-4-10-22(13-19)12-15-6-3-7-16(20)18(15)21/h2-3,5-7H,4,8-14H2,1H3. The van der Waals surface area contributed by atoms with Gasteiger partial charge in [-0.1, -0.05) is 18.2 Å². The minimum absolute atomic E-state index is 0.0719. The Labute approximate surface area is 141 Å². The van der Waals surface area contributed by atoms with Gasteiger partial charge < -0.3 is 4.90 Å². The van der Waals surface area contributed by atoms with E-state index in [1.165, 1.54) is 0 Å². The highest BCUT2D eigenvalue weighted by Gasteiger charge is 2.42. The quantitative estimate of drug-likeness (QED) is 0.792. The number of piperidine rings is 1. The van der Waals surface area contributed by atoms with Crippen LogP contribution >= 0.6 is 0 Å². The molecule has 2 saturated heterocycles. The molecule has 2 fully saturated rings. The van der Waals surface area contributed by atoms with Gasteiger partial charge in [-0.25, -0.2) is 8.78 Å². The molecule has 3 rings (SSSR count). The van der Waals surface area contributed by atoms with Crippen molar-refractivity contribution in [2.75, 3.05) is 26.2 Å². The van der Waals surface area contributed by atoms with E-state index in [1.807, 2.05) is 11.8 Å². The van der Waals surface area contributed by atoms with Crippen molar-refractivity contribution >= 4 is 5.91 Å². The van der Waals surface area contributed by atoms with Gasteiger partial charge in [0.25, 0.3) is 0 Å². The van der Waals surface area contributed by atoms with Crippen LogP contribution in [0.25, 0.3) is 0 Å². The van der Waals surface area contributed by atoms with Gasteiger partial charge in [-0.15, -0.1) is 0 Å². The Kier molecular flexibility index (Phi) is 4.99. The first kappa shape index (κ1) is 17.1. The SMILES string of the molecule is CC=CC(=O)N1CCC2(CCCN(Cc3cccc(F)c3F)C2)C1. The first-order valence-corrected chi connectivity index (χ1v) is 8.60. The Morgan fingerprint density at radius 2 is 2.08 bits per heavy atom. The van der Waals surface area contributed by atoms with Gasteiger partial charge in [0.1, 0.15) is 0 Å². The summed E-state index contributed by atoms with van der Waals surface area (Å²) in [6.07, 6.45) is 6.49. The van der Waals surface area contributed by atoms with Crippen molar-refractivity contribution in [2.24, 2.45) is 5.41 Å². The van der Waals surface area contributed by atoms with Crippen LogP contribution in [0.1, 0.15) is 31.7 Å². The lowest BCUT2D eigenvalue weighted by molar-refractivity contribution is -0.125. The summed E-state index contributed by atoms with van der Waals surface area (Å²) in [6, 6.07) is 4.36. The lowest BCUT2D eigenvalue weighted by atomic mass is 9.79. The summed E-state index contributed by atoms with van der Waals surface area (Å²) in [5.74, 6) is -1.46. The largest absolute Gasteiger partial charge is 0.339 e. The fourth-order valence-electron chi connectivity index (χ4n) is 4.06. The Hall–Kier alpha value is -1.75. The van der Waals surface area contributed by atoms with E-state index in [9.17, 15) is 13.6 Å². The maximum atomic E-state index is 13.9. The molecule has 0 aromatic heterocycles. The van der Waals surface area contributed by atoms with Crippen molar-refractivity contribution in [2.45, 2.75) is 32.7 Å². The van der Waals surface area contributed by atoms with Crippen LogP contribution in [-0.2, 0) is 11.3 Å². The van der Waals surface area contributed by atoms with Crippen LogP contribution < -0.4 is 0 Å². The number of carbonyl (C=O) groups excluding carboxylic acids is 1. The monoisotopic (exact) mass is 334 g/mol. The number of benzene rings is 1. The first-order chi connectivity index (χ1) is 11.5. The Balaban J connectivity index is 1.67. The van der Waals surface area contributed by atoms with Crippen molar-refractivity contribution in [3.05, 3.63) is 47.5 Å². The third kappa shape index (κ3) is 3.51. The Morgan fingerprint density at radius 1 is 1.25 bits per heavy atom. The fourth-order valence-corrected chi connectivity index (χ4v) is 4.06. The lowest BCUT2D eigenvalue weighted by Gasteiger charge is -2.40. The lowest BCUT2D eigenvalue weighted by Crippen LogP contribution is -2.45. The van der Waals surface area contributed by atoms with Crippen LogP contribution in [0.2, 0.25) is 0 Å². The summed E-state index contributed by atoms with van der Waals surface area (Å²) in [5, 5.41) is 0. The van der Waals surface area contributed by atoms with Gasteiger partial charge in [0.05, 0.1) is 0 Å². The van der Waals surface area contributed by atoms with Crippen molar-refractivity contribution in [1.82, 2.24) is 9.80 Å². The molecule has 130 valence electrons. The normalized spacial score (nSPS) is 25.0. The molecule has 1 aromatic carbocycles. The van der Waals surface area contributed by atoms with E-state index >= 15 is 0 Å². The number of nitrogens with zero attached hydrogens (tertiary/aromatic N) is 2. The van der Waals surface area contributed by atoms with Crippen LogP contribution in [0, 0.1) is 17.0 Å². The first-order valence-electron chi connectivity index (χ1n) is 8.60. The maximum Gasteiger partial charge on any atom is 0.246 e. The molecule has 0 bridgehead atoms. The number of allylic oxidation sites excluding steroid dienone is 1. The molecular formula is C19H24F2N2O. The van der Waals surface area contributed by atoms with Crippen LogP contribution in [0.15, 0.2) is 30.4 Å². The maximum absolute atomic E-state index is 13.9. The van der Waals surface area contributed by atoms with Crippen molar-refractivity contribution in [3.8, 4) is 0 Å². The van der Waals surface area contributed by atoms with Crippen LogP contribution in [0.5, 0.6) is 0 Å². The van der Waals surface area contributed by atoms with Gasteiger partial charge in [0.15, 0.2) is 11.6 Å². The number of rotatable bonds is 3. The molecule has 3 nitrogen and oxygen atoms in total. The van der Waals surface area contributed by atoms with E-state index in [-0.39, 0.29) is 11.3 Å². The highest BCUT2D eigenvalue weighted by atomic mass is 19.2. The fraction of sp³-hybridized carbons (Fsp3) is 0.526. The summed E-state index contributed by atoms with van der Waals surface area (Å²) in [5.41, 5.74) is 0.506. The third-order valence-corrected chi connectivity index (χ3v) is 5.23. The molecule has 1 aromatic rings. The molecule has 0 aliphatic carbocycles. The number of likely N-dealkylation sites (tertiary alicyclic amines) is 2. The summed E-state index contributed by atoms with van der Waals surface area (Å²) in [7, 11) is 0. The molecular weight excluding hydrogens is 310 g/mol. The zero-order chi connectivity index (χ0) is 17.2. The predicted octanol–water partition coefficient (Wildman–Crippen LogP) is 3.36. The van der Waals surface area contributed by atoms with E-state index in [0.717, 1.165) is 51.5 Å². The molecule has 5 heteroatoms. The van der Waals surface area contributed by atoms with Crippen molar-refractivity contribution in [3.63, 3.8) is 0 Å². The molecule has 24 heavy (non-hydrogen) atoms. The summed E-state index contributed by atoms with van der Waals surface area (Å²) in [6.45, 7) is 5.54. The second kappa shape index (κ2) is 7.01. The van der Waals surface area contributed by atoms with Gasteiger partial charge in [0, 0.05) is 37.2 Å². The van der Waals surface area contributed by atoms with E-state index in [4.69, 9.17) is 0 Å². The molecule has 1 atom stereocenters. The second-order valence-electron chi connectivity index (χ2n) is 7.04. The summed E-state index contributed by atoms with van der Waals surface area (Å²) >= 11 is 0. The van der Waals surface area contributed by atoms with Gasteiger partial charge in [-0.3, -0.25) is 9.69 Å². The van der Waals surface area contributed by atoms with Gasteiger partial charge in [-0.05, 0) is 44.9 Å². The molecule has 2 heterocycles. The molecule has 1 spiro atoms.